The molecule has 20 heavy (non-hydrogen) atoms. The SMILES string of the molecule is C=CN1C(=O)C1CCCC.C=CN1CCCCCC1=O. The summed E-state index contributed by atoms with van der Waals surface area (Å²) < 4.78 is 0. The van der Waals surface area contributed by atoms with Crippen LogP contribution in [0.25, 0.3) is 0 Å². The van der Waals surface area contributed by atoms with Crippen molar-refractivity contribution in [3.63, 3.8) is 0 Å². The lowest BCUT2D eigenvalue weighted by molar-refractivity contribution is -0.128. The van der Waals surface area contributed by atoms with Gasteiger partial charge in [0.2, 0.25) is 11.8 Å². The van der Waals surface area contributed by atoms with Gasteiger partial charge >= 0.3 is 0 Å². The van der Waals surface area contributed by atoms with Crippen LogP contribution in [0.3, 0.4) is 0 Å². The predicted molar refractivity (Wildman–Crippen MR) is 80.7 cm³/mol. The molecule has 0 aliphatic carbocycles. The topological polar surface area (TPSA) is 40.4 Å². The van der Waals surface area contributed by atoms with Crippen molar-refractivity contribution in [2.75, 3.05) is 6.54 Å². The smallest absolute Gasteiger partial charge is 0.250 e. The summed E-state index contributed by atoms with van der Waals surface area (Å²) in [6.45, 7) is 10.1. The van der Waals surface area contributed by atoms with E-state index in [1.54, 1.807) is 22.2 Å². The maximum absolute atomic E-state index is 11.1. The summed E-state index contributed by atoms with van der Waals surface area (Å²) in [5.41, 5.74) is 0. The molecule has 0 aromatic carbocycles. The fourth-order valence-electron chi connectivity index (χ4n) is 2.31. The van der Waals surface area contributed by atoms with Crippen LogP contribution in [0.5, 0.6) is 0 Å². The molecule has 0 N–H and O–H groups in total. The van der Waals surface area contributed by atoms with Crippen LogP contribution in [0.1, 0.15) is 51.9 Å². The molecule has 2 rings (SSSR count). The molecule has 1 atom stereocenters. The Labute approximate surface area is 122 Å². The third kappa shape index (κ3) is 4.83. The minimum Gasteiger partial charge on any atom is -0.320 e. The average molecular weight is 278 g/mol. The monoisotopic (exact) mass is 278 g/mol. The van der Waals surface area contributed by atoms with Gasteiger partial charge in [-0.1, -0.05) is 39.3 Å². The molecule has 4 nitrogen and oxygen atoms in total. The number of unbranched alkanes of at least 4 members (excludes halogenated alkanes) is 1. The maximum Gasteiger partial charge on any atom is 0.250 e. The van der Waals surface area contributed by atoms with Crippen LogP contribution < -0.4 is 0 Å². The van der Waals surface area contributed by atoms with Crippen LogP contribution in [0, 0.1) is 0 Å². The maximum atomic E-state index is 11.1. The largest absolute Gasteiger partial charge is 0.320 e. The highest BCUT2D eigenvalue weighted by Crippen LogP contribution is 2.24. The van der Waals surface area contributed by atoms with Gasteiger partial charge in [-0.15, -0.1) is 0 Å². The molecule has 1 unspecified atom stereocenters. The molecular formula is C16H26N2O2. The van der Waals surface area contributed by atoms with Crippen LogP contribution in [0.15, 0.2) is 25.6 Å². The van der Waals surface area contributed by atoms with E-state index in [-0.39, 0.29) is 17.9 Å². The average Bonchev–Trinajstić information content (AvgIpc) is 3.14. The summed E-state index contributed by atoms with van der Waals surface area (Å²) >= 11 is 0. The van der Waals surface area contributed by atoms with Crippen molar-refractivity contribution in [2.45, 2.75) is 57.9 Å². The van der Waals surface area contributed by atoms with E-state index in [2.05, 4.69) is 20.1 Å². The first-order valence-corrected chi connectivity index (χ1v) is 7.52. The first-order valence-electron chi connectivity index (χ1n) is 7.52. The van der Waals surface area contributed by atoms with Gasteiger partial charge in [-0.25, -0.2) is 0 Å². The van der Waals surface area contributed by atoms with Crippen LogP contribution >= 0.6 is 0 Å². The third-order valence-electron chi connectivity index (χ3n) is 3.67. The standard InChI is InChI=1S/2C8H13NO/c1-3-5-6-7-8(10)9(7)4-2;1-2-9-7-5-3-4-6-8(9)10/h4,7H,2-3,5-6H2,1H3;2H,1,3-7H2. The van der Waals surface area contributed by atoms with E-state index in [1.165, 1.54) is 6.42 Å². The Hall–Kier alpha value is -1.58. The molecule has 2 fully saturated rings. The molecule has 2 aliphatic heterocycles. The van der Waals surface area contributed by atoms with Gasteiger partial charge in [0, 0.05) is 19.2 Å². The summed E-state index contributed by atoms with van der Waals surface area (Å²) in [4.78, 5) is 25.3. The number of likely N-dealkylation sites (tertiary alicyclic amines) is 1. The van der Waals surface area contributed by atoms with E-state index in [9.17, 15) is 9.59 Å². The van der Waals surface area contributed by atoms with Gasteiger partial charge in [0.05, 0.1) is 0 Å². The van der Waals surface area contributed by atoms with E-state index in [1.807, 2.05) is 0 Å². The minimum atomic E-state index is 0.178. The Morgan fingerprint density at radius 3 is 2.50 bits per heavy atom. The van der Waals surface area contributed by atoms with Crippen LogP contribution in [-0.2, 0) is 9.59 Å². The zero-order valence-electron chi connectivity index (χ0n) is 12.5. The van der Waals surface area contributed by atoms with Crippen molar-refractivity contribution in [2.24, 2.45) is 0 Å². The molecule has 4 heteroatoms. The minimum absolute atomic E-state index is 0.178. The number of hydrogen-bond donors (Lipinski definition) is 0. The molecule has 0 radical (unpaired) electrons. The fraction of sp³-hybridized carbons (Fsp3) is 0.625. The molecule has 0 saturated carbocycles. The van der Waals surface area contributed by atoms with Crippen LogP contribution in [0.2, 0.25) is 0 Å². The van der Waals surface area contributed by atoms with E-state index < -0.39 is 0 Å². The number of nitrogens with zero attached hydrogens (tertiary/aromatic N) is 2. The first kappa shape index (κ1) is 16.5. The molecule has 2 aliphatic rings. The summed E-state index contributed by atoms with van der Waals surface area (Å²) in [5, 5.41) is 0. The molecule has 0 aromatic heterocycles. The molecule has 0 bridgehead atoms. The zero-order chi connectivity index (χ0) is 15.0. The van der Waals surface area contributed by atoms with Crippen LogP contribution in [-0.4, -0.2) is 34.2 Å². The molecule has 2 saturated heterocycles. The molecule has 2 amide bonds. The number of hydrogen-bond acceptors (Lipinski definition) is 2. The lowest BCUT2D eigenvalue weighted by Gasteiger charge is -2.13. The van der Waals surface area contributed by atoms with E-state index in [0.717, 1.165) is 38.6 Å². The Morgan fingerprint density at radius 2 is 1.95 bits per heavy atom. The fourth-order valence-corrected chi connectivity index (χ4v) is 2.31. The van der Waals surface area contributed by atoms with E-state index >= 15 is 0 Å². The van der Waals surface area contributed by atoms with E-state index in [0.29, 0.717) is 6.42 Å². The Morgan fingerprint density at radius 1 is 1.20 bits per heavy atom. The molecule has 0 spiro atoms. The molecule has 2 heterocycles. The van der Waals surface area contributed by atoms with Crippen molar-refractivity contribution < 1.29 is 9.59 Å². The normalized spacial score (nSPS) is 21.8. The van der Waals surface area contributed by atoms with Gasteiger partial charge in [-0.3, -0.25) is 9.59 Å². The highest BCUT2D eigenvalue weighted by Gasteiger charge is 2.42. The molecule has 112 valence electrons. The van der Waals surface area contributed by atoms with E-state index in [4.69, 9.17) is 0 Å². The van der Waals surface area contributed by atoms with Crippen LogP contribution in [0.4, 0.5) is 0 Å². The van der Waals surface area contributed by atoms with Crippen molar-refractivity contribution in [1.82, 2.24) is 9.80 Å². The second-order valence-corrected chi connectivity index (χ2v) is 5.17. The summed E-state index contributed by atoms with van der Waals surface area (Å²) in [6, 6.07) is 0.178. The van der Waals surface area contributed by atoms with Crippen molar-refractivity contribution >= 4 is 11.8 Å². The van der Waals surface area contributed by atoms with Gasteiger partial charge in [-0.2, -0.15) is 0 Å². The predicted octanol–water partition coefficient (Wildman–Crippen LogP) is 3.06. The highest BCUT2D eigenvalue weighted by molar-refractivity contribution is 5.97. The quantitative estimate of drug-likeness (QED) is 0.725. The number of rotatable bonds is 5. The molecular weight excluding hydrogens is 252 g/mol. The molecule has 0 aromatic rings. The third-order valence-corrected chi connectivity index (χ3v) is 3.67. The van der Waals surface area contributed by atoms with Gasteiger partial charge < -0.3 is 9.80 Å². The van der Waals surface area contributed by atoms with Gasteiger partial charge in [0.15, 0.2) is 0 Å². The summed E-state index contributed by atoms with van der Waals surface area (Å²) in [5.74, 6) is 0.468. The summed E-state index contributed by atoms with van der Waals surface area (Å²) in [7, 11) is 0. The highest BCUT2D eigenvalue weighted by atomic mass is 16.2. The van der Waals surface area contributed by atoms with Gasteiger partial charge in [0.25, 0.3) is 0 Å². The summed E-state index contributed by atoms with van der Waals surface area (Å²) in [6.07, 6.45) is 10.6. The Bertz CT molecular complexity index is 365. The second kappa shape index (κ2) is 8.56. The van der Waals surface area contributed by atoms with Crippen molar-refractivity contribution in [3.05, 3.63) is 25.6 Å². The van der Waals surface area contributed by atoms with Crippen molar-refractivity contribution in [1.29, 1.82) is 0 Å². The first-order chi connectivity index (χ1) is 9.65. The van der Waals surface area contributed by atoms with Crippen molar-refractivity contribution in [3.8, 4) is 0 Å². The lowest BCUT2D eigenvalue weighted by Crippen LogP contribution is -2.23. The van der Waals surface area contributed by atoms with Gasteiger partial charge in [-0.05, 0) is 25.5 Å². The Kier molecular flexibility index (Phi) is 7.05. The Balaban J connectivity index is 0.000000200. The second-order valence-electron chi connectivity index (χ2n) is 5.17. The zero-order valence-corrected chi connectivity index (χ0v) is 12.5. The number of amides is 2. The van der Waals surface area contributed by atoms with Gasteiger partial charge in [0.1, 0.15) is 6.04 Å². The lowest BCUT2D eigenvalue weighted by atomic mass is 10.2. The number of carbonyl (C=O) groups is 2. The number of carbonyl (C=O) groups excluding carboxylic acids is 2.